The topological polar surface area (TPSA) is 63.4 Å². The second-order valence-electron chi connectivity index (χ2n) is 4.84. The Labute approximate surface area is 137 Å². The third-order valence-corrected chi connectivity index (χ3v) is 6.90. The minimum Gasteiger partial charge on any atom is -0.398 e. The number of anilines is 1. The van der Waals surface area contributed by atoms with E-state index in [4.69, 9.17) is 5.73 Å². The summed E-state index contributed by atoms with van der Waals surface area (Å²) in [5.74, 6) is 0. The summed E-state index contributed by atoms with van der Waals surface area (Å²) in [6.45, 7) is 1.91. The Hall–Kier alpha value is -0.890. The lowest BCUT2D eigenvalue weighted by molar-refractivity contribution is 0.388. The molecule has 0 amide bonds. The van der Waals surface area contributed by atoms with E-state index in [1.807, 2.05) is 24.4 Å². The molecule has 1 atom stereocenters. The van der Waals surface area contributed by atoms with Crippen LogP contribution in [0.15, 0.2) is 45.1 Å². The molecule has 0 fully saturated rings. The van der Waals surface area contributed by atoms with Crippen molar-refractivity contribution in [3.8, 4) is 0 Å². The molecule has 2 aromatic rings. The number of hydrogen-bond acceptors (Lipinski definition) is 4. The maximum absolute atomic E-state index is 12.6. The van der Waals surface area contributed by atoms with Crippen LogP contribution in [0.2, 0.25) is 0 Å². The van der Waals surface area contributed by atoms with Gasteiger partial charge >= 0.3 is 0 Å². The van der Waals surface area contributed by atoms with E-state index >= 15 is 0 Å². The lowest BCUT2D eigenvalue weighted by Gasteiger charge is -2.24. The standard InChI is InChI=1S/C14H17BrN2O2S2/c1-10(8-11-4-3-7-20-11)17(2)21(18,19)12-5-6-14(16)13(15)9-12/h3-7,9-10H,8,16H2,1-2H3. The number of sulfonamides is 1. The number of nitrogen functional groups attached to an aromatic ring is 1. The van der Waals surface area contributed by atoms with Crippen molar-refractivity contribution in [2.45, 2.75) is 24.3 Å². The Morgan fingerprint density at radius 2 is 2.10 bits per heavy atom. The minimum absolute atomic E-state index is 0.120. The number of thiophene rings is 1. The van der Waals surface area contributed by atoms with Crippen LogP contribution in [0.3, 0.4) is 0 Å². The third kappa shape index (κ3) is 3.66. The Balaban J connectivity index is 2.23. The van der Waals surface area contributed by atoms with Gasteiger partial charge in [0.05, 0.1) is 4.90 Å². The molecule has 0 spiro atoms. The van der Waals surface area contributed by atoms with E-state index in [0.29, 0.717) is 16.6 Å². The quantitative estimate of drug-likeness (QED) is 0.798. The van der Waals surface area contributed by atoms with Gasteiger partial charge in [-0.15, -0.1) is 11.3 Å². The molecule has 1 unspecified atom stereocenters. The number of halogens is 1. The van der Waals surface area contributed by atoms with Gasteiger partial charge in [0.15, 0.2) is 0 Å². The summed E-state index contributed by atoms with van der Waals surface area (Å²) in [4.78, 5) is 1.41. The molecule has 0 bridgehead atoms. The molecule has 1 heterocycles. The fourth-order valence-electron chi connectivity index (χ4n) is 1.92. The molecule has 114 valence electrons. The molecule has 2 N–H and O–H groups in total. The highest BCUT2D eigenvalue weighted by atomic mass is 79.9. The van der Waals surface area contributed by atoms with Gasteiger partial charge in [-0.05, 0) is 58.9 Å². The molecule has 1 aromatic carbocycles. The number of benzene rings is 1. The van der Waals surface area contributed by atoms with E-state index in [-0.39, 0.29) is 10.9 Å². The van der Waals surface area contributed by atoms with Crippen LogP contribution in [0.5, 0.6) is 0 Å². The molecule has 4 nitrogen and oxygen atoms in total. The van der Waals surface area contributed by atoms with Gasteiger partial charge in [-0.1, -0.05) is 6.07 Å². The molecule has 1 aromatic heterocycles. The SMILES string of the molecule is CC(Cc1cccs1)N(C)S(=O)(=O)c1ccc(N)c(Br)c1. The van der Waals surface area contributed by atoms with E-state index in [1.165, 1.54) is 15.2 Å². The van der Waals surface area contributed by atoms with Crippen molar-refractivity contribution in [3.05, 3.63) is 45.1 Å². The zero-order valence-electron chi connectivity index (χ0n) is 11.8. The predicted molar refractivity (Wildman–Crippen MR) is 91.0 cm³/mol. The van der Waals surface area contributed by atoms with Gasteiger partial charge in [-0.25, -0.2) is 8.42 Å². The zero-order chi connectivity index (χ0) is 15.6. The predicted octanol–water partition coefficient (Wildman–Crippen LogP) is 3.34. The maximum atomic E-state index is 12.6. The number of nitrogens with two attached hydrogens (primary N) is 1. The Morgan fingerprint density at radius 1 is 1.38 bits per heavy atom. The van der Waals surface area contributed by atoms with Crippen molar-refractivity contribution in [1.29, 1.82) is 0 Å². The third-order valence-electron chi connectivity index (χ3n) is 3.35. The largest absolute Gasteiger partial charge is 0.398 e. The fourth-order valence-corrected chi connectivity index (χ4v) is 4.66. The van der Waals surface area contributed by atoms with Crippen LogP contribution < -0.4 is 5.73 Å². The average molecular weight is 389 g/mol. The Bertz CT molecular complexity index is 715. The molecule has 0 aliphatic heterocycles. The lowest BCUT2D eigenvalue weighted by atomic mass is 10.2. The molecule has 0 saturated carbocycles. The first-order valence-corrected chi connectivity index (χ1v) is 9.49. The molecule has 0 saturated heterocycles. The first-order chi connectivity index (χ1) is 9.82. The molecule has 0 aliphatic rings. The van der Waals surface area contributed by atoms with Crippen LogP contribution in [-0.2, 0) is 16.4 Å². The van der Waals surface area contributed by atoms with Crippen molar-refractivity contribution in [2.24, 2.45) is 0 Å². The fraction of sp³-hybridized carbons (Fsp3) is 0.286. The first-order valence-electron chi connectivity index (χ1n) is 6.38. The molecule has 21 heavy (non-hydrogen) atoms. The molecule has 0 radical (unpaired) electrons. The molecular weight excluding hydrogens is 372 g/mol. The van der Waals surface area contributed by atoms with E-state index < -0.39 is 10.0 Å². The van der Waals surface area contributed by atoms with Gasteiger partial charge in [-0.2, -0.15) is 4.31 Å². The van der Waals surface area contributed by atoms with E-state index in [1.54, 1.807) is 30.5 Å². The van der Waals surface area contributed by atoms with E-state index in [2.05, 4.69) is 15.9 Å². The zero-order valence-corrected chi connectivity index (χ0v) is 15.0. The van der Waals surface area contributed by atoms with Crippen LogP contribution in [-0.4, -0.2) is 25.8 Å². The summed E-state index contributed by atoms with van der Waals surface area (Å²) in [6, 6.07) is 8.53. The van der Waals surface area contributed by atoms with Gasteiger partial charge in [0.1, 0.15) is 0 Å². The van der Waals surface area contributed by atoms with Gasteiger partial charge in [0, 0.05) is 28.1 Å². The number of rotatable bonds is 5. The molecule has 7 heteroatoms. The van der Waals surface area contributed by atoms with Crippen LogP contribution >= 0.6 is 27.3 Å². The summed E-state index contributed by atoms with van der Waals surface area (Å²) < 4.78 is 27.3. The second kappa shape index (κ2) is 6.48. The highest BCUT2D eigenvalue weighted by Crippen LogP contribution is 2.26. The molecule has 0 aliphatic carbocycles. The molecule has 2 rings (SSSR count). The van der Waals surface area contributed by atoms with Crippen molar-refractivity contribution in [2.75, 3.05) is 12.8 Å². The monoisotopic (exact) mass is 388 g/mol. The summed E-state index contributed by atoms with van der Waals surface area (Å²) >= 11 is 4.90. The average Bonchev–Trinajstić information content (AvgIpc) is 2.93. The van der Waals surface area contributed by atoms with Gasteiger partial charge in [0.25, 0.3) is 0 Å². The van der Waals surface area contributed by atoms with Crippen LogP contribution in [0, 0.1) is 0 Å². The van der Waals surface area contributed by atoms with Gasteiger partial charge in [-0.3, -0.25) is 0 Å². The van der Waals surface area contributed by atoms with E-state index in [0.717, 1.165) is 0 Å². The molecular formula is C14H17BrN2O2S2. The highest BCUT2D eigenvalue weighted by Gasteiger charge is 2.26. The van der Waals surface area contributed by atoms with Gasteiger partial charge < -0.3 is 5.73 Å². The lowest BCUT2D eigenvalue weighted by Crippen LogP contribution is -2.36. The Morgan fingerprint density at radius 3 is 2.67 bits per heavy atom. The van der Waals surface area contributed by atoms with Crippen molar-refractivity contribution in [3.63, 3.8) is 0 Å². The summed E-state index contributed by atoms with van der Waals surface area (Å²) in [7, 11) is -1.92. The minimum atomic E-state index is -3.53. The first kappa shape index (κ1) is 16.5. The highest BCUT2D eigenvalue weighted by molar-refractivity contribution is 9.10. The second-order valence-corrected chi connectivity index (χ2v) is 8.72. The van der Waals surface area contributed by atoms with Crippen LogP contribution in [0.4, 0.5) is 5.69 Å². The summed E-state index contributed by atoms with van der Waals surface area (Å²) in [6.07, 6.45) is 0.698. The van der Waals surface area contributed by atoms with Gasteiger partial charge in [0.2, 0.25) is 10.0 Å². The maximum Gasteiger partial charge on any atom is 0.243 e. The van der Waals surface area contributed by atoms with E-state index in [9.17, 15) is 8.42 Å². The number of likely N-dealkylation sites (N-methyl/N-ethyl adjacent to an activating group) is 1. The van der Waals surface area contributed by atoms with Crippen molar-refractivity contribution >= 4 is 43.0 Å². The number of hydrogen-bond donors (Lipinski definition) is 1. The summed E-state index contributed by atoms with van der Waals surface area (Å²) in [5.41, 5.74) is 6.22. The normalized spacial score (nSPS) is 13.5. The van der Waals surface area contributed by atoms with Crippen LogP contribution in [0.25, 0.3) is 0 Å². The van der Waals surface area contributed by atoms with Crippen LogP contribution in [0.1, 0.15) is 11.8 Å². The smallest absolute Gasteiger partial charge is 0.243 e. The van der Waals surface area contributed by atoms with Crippen molar-refractivity contribution < 1.29 is 8.42 Å². The number of nitrogens with zero attached hydrogens (tertiary/aromatic N) is 1. The van der Waals surface area contributed by atoms with Crippen molar-refractivity contribution in [1.82, 2.24) is 4.31 Å². The Kier molecular flexibility index (Phi) is 5.08. The summed E-state index contributed by atoms with van der Waals surface area (Å²) in [5, 5.41) is 1.99.